The Labute approximate surface area is 182 Å². The van der Waals surface area contributed by atoms with Crippen molar-refractivity contribution < 1.29 is 22.7 Å². The Morgan fingerprint density at radius 2 is 2.19 bits per heavy atom. The number of piperidine rings is 1. The van der Waals surface area contributed by atoms with Gasteiger partial charge in [-0.3, -0.25) is 10.1 Å². The summed E-state index contributed by atoms with van der Waals surface area (Å²) in [6.45, 7) is 4.77. The molecule has 0 unspecified atom stereocenters. The average Bonchev–Trinajstić information content (AvgIpc) is 3.27. The molecule has 3 heterocycles. The summed E-state index contributed by atoms with van der Waals surface area (Å²) in [5.41, 5.74) is 1.59. The number of ether oxygens (including phenoxy) is 2. The molecule has 170 valence electrons. The highest BCUT2D eigenvalue weighted by Crippen LogP contribution is 2.22. The zero-order valence-electron chi connectivity index (χ0n) is 17.8. The van der Waals surface area contributed by atoms with Crippen LogP contribution in [0.4, 0.5) is 4.79 Å². The number of aromatic nitrogens is 3. The molecule has 0 bridgehead atoms. The first kappa shape index (κ1) is 23.0. The zero-order chi connectivity index (χ0) is 22.3. The highest BCUT2D eigenvalue weighted by Gasteiger charge is 2.29. The molecular weight excluding hydrogens is 422 g/mol. The fraction of sp³-hybridized carbons (Fsp3) is 0.550. The van der Waals surface area contributed by atoms with Gasteiger partial charge >= 0.3 is 6.09 Å². The van der Waals surface area contributed by atoms with E-state index in [1.54, 1.807) is 26.2 Å². The lowest BCUT2D eigenvalue weighted by Gasteiger charge is -2.31. The molecule has 3 rings (SSSR count). The number of H-pyrrole nitrogens is 1. The lowest BCUT2D eigenvalue weighted by molar-refractivity contribution is 0.116. The number of sulfonamides is 1. The number of hydrogen-bond acceptors (Lipinski definition) is 7. The van der Waals surface area contributed by atoms with Gasteiger partial charge in [-0.25, -0.2) is 17.5 Å². The Morgan fingerprint density at radius 1 is 1.35 bits per heavy atom. The molecule has 11 heteroatoms. The molecule has 0 aliphatic carbocycles. The SMILES string of the molecule is CC(C)OC(=O)NCCS(=O)(=O)N1CCC[C@H](COc2ccc(-c3ccn[nH]3)nc2)C1. The number of pyridine rings is 1. The first-order valence-corrected chi connectivity index (χ1v) is 12.0. The Kier molecular flexibility index (Phi) is 7.85. The van der Waals surface area contributed by atoms with Crippen LogP contribution in [0.25, 0.3) is 11.4 Å². The number of nitrogens with zero attached hydrogens (tertiary/aromatic N) is 3. The van der Waals surface area contributed by atoms with E-state index in [0.29, 0.717) is 25.4 Å². The predicted octanol–water partition coefficient (Wildman–Crippen LogP) is 2.03. The number of amides is 1. The van der Waals surface area contributed by atoms with Crippen LogP contribution in [-0.2, 0) is 14.8 Å². The maximum atomic E-state index is 12.6. The summed E-state index contributed by atoms with van der Waals surface area (Å²) in [5, 5.41) is 9.24. The van der Waals surface area contributed by atoms with Gasteiger partial charge in [-0.05, 0) is 44.9 Å². The molecule has 1 aliphatic heterocycles. The summed E-state index contributed by atoms with van der Waals surface area (Å²) in [6.07, 6.45) is 4.11. The second-order valence-corrected chi connectivity index (χ2v) is 9.81. The zero-order valence-corrected chi connectivity index (χ0v) is 18.6. The quantitative estimate of drug-likeness (QED) is 0.597. The van der Waals surface area contributed by atoms with Gasteiger partial charge in [-0.15, -0.1) is 0 Å². The van der Waals surface area contributed by atoms with Crippen molar-refractivity contribution in [3.63, 3.8) is 0 Å². The summed E-state index contributed by atoms with van der Waals surface area (Å²) in [5.74, 6) is 0.568. The Hall–Kier alpha value is -2.66. The molecule has 2 aromatic rings. The van der Waals surface area contributed by atoms with Gasteiger partial charge in [-0.2, -0.15) is 5.10 Å². The van der Waals surface area contributed by atoms with Crippen molar-refractivity contribution in [3.05, 3.63) is 30.6 Å². The van der Waals surface area contributed by atoms with Crippen LogP contribution in [0.15, 0.2) is 30.6 Å². The monoisotopic (exact) mass is 451 g/mol. The highest BCUT2D eigenvalue weighted by molar-refractivity contribution is 7.89. The third-order valence-electron chi connectivity index (χ3n) is 4.85. The molecule has 31 heavy (non-hydrogen) atoms. The number of rotatable bonds is 9. The fourth-order valence-electron chi connectivity index (χ4n) is 3.32. The Bertz CT molecular complexity index is 931. The molecule has 2 aromatic heterocycles. The highest BCUT2D eigenvalue weighted by atomic mass is 32.2. The molecule has 0 saturated carbocycles. The minimum absolute atomic E-state index is 0.0138. The largest absolute Gasteiger partial charge is 0.492 e. The van der Waals surface area contributed by atoms with Crippen molar-refractivity contribution >= 4 is 16.1 Å². The third-order valence-corrected chi connectivity index (χ3v) is 6.68. The van der Waals surface area contributed by atoms with Crippen LogP contribution < -0.4 is 10.1 Å². The normalized spacial score (nSPS) is 17.5. The second-order valence-electron chi connectivity index (χ2n) is 7.72. The van der Waals surface area contributed by atoms with Gasteiger partial charge < -0.3 is 14.8 Å². The van der Waals surface area contributed by atoms with Gasteiger partial charge in [0.1, 0.15) is 5.75 Å². The number of alkyl carbamates (subject to hydrolysis) is 1. The van der Waals surface area contributed by atoms with E-state index in [9.17, 15) is 13.2 Å². The van der Waals surface area contributed by atoms with Crippen molar-refractivity contribution in [1.29, 1.82) is 0 Å². The molecule has 1 atom stereocenters. The summed E-state index contributed by atoms with van der Waals surface area (Å²) in [7, 11) is -3.47. The lowest BCUT2D eigenvalue weighted by atomic mass is 10.0. The van der Waals surface area contributed by atoms with E-state index in [4.69, 9.17) is 9.47 Å². The number of carbonyl (C=O) groups excluding carboxylic acids is 1. The van der Waals surface area contributed by atoms with Crippen LogP contribution in [-0.4, -0.2) is 72.1 Å². The van der Waals surface area contributed by atoms with E-state index >= 15 is 0 Å². The smallest absolute Gasteiger partial charge is 0.407 e. The van der Waals surface area contributed by atoms with Gasteiger partial charge in [0.2, 0.25) is 10.0 Å². The van der Waals surface area contributed by atoms with Gasteiger partial charge in [0, 0.05) is 31.7 Å². The lowest BCUT2D eigenvalue weighted by Crippen LogP contribution is -2.44. The van der Waals surface area contributed by atoms with Gasteiger partial charge in [0.15, 0.2) is 0 Å². The van der Waals surface area contributed by atoms with Crippen molar-refractivity contribution in [1.82, 2.24) is 24.8 Å². The molecule has 0 radical (unpaired) electrons. The number of hydrogen-bond donors (Lipinski definition) is 2. The number of aromatic amines is 1. The summed E-state index contributed by atoms with van der Waals surface area (Å²) >= 11 is 0. The topological polar surface area (TPSA) is 127 Å². The van der Waals surface area contributed by atoms with Gasteiger partial charge in [-0.1, -0.05) is 0 Å². The summed E-state index contributed by atoms with van der Waals surface area (Å²) in [4.78, 5) is 15.9. The van der Waals surface area contributed by atoms with E-state index in [1.807, 2.05) is 18.2 Å². The van der Waals surface area contributed by atoms with Crippen LogP contribution in [0.1, 0.15) is 26.7 Å². The molecule has 1 amide bonds. The summed E-state index contributed by atoms with van der Waals surface area (Å²) in [6, 6.07) is 5.52. The van der Waals surface area contributed by atoms with Crippen LogP contribution in [0.3, 0.4) is 0 Å². The van der Waals surface area contributed by atoms with E-state index in [1.165, 1.54) is 4.31 Å². The first-order valence-electron chi connectivity index (χ1n) is 10.3. The molecule has 1 aliphatic rings. The molecule has 2 N–H and O–H groups in total. The van der Waals surface area contributed by atoms with Gasteiger partial charge in [0.25, 0.3) is 0 Å². The summed E-state index contributed by atoms with van der Waals surface area (Å²) < 4.78 is 37.5. The average molecular weight is 452 g/mol. The Morgan fingerprint density at radius 3 is 2.87 bits per heavy atom. The predicted molar refractivity (Wildman–Crippen MR) is 115 cm³/mol. The maximum absolute atomic E-state index is 12.6. The van der Waals surface area contributed by atoms with Crippen LogP contribution in [0, 0.1) is 5.92 Å². The van der Waals surface area contributed by atoms with Crippen molar-refractivity contribution in [2.24, 2.45) is 5.92 Å². The number of nitrogens with one attached hydrogen (secondary N) is 2. The molecular formula is C20H29N5O5S. The fourth-order valence-corrected chi connectivity index (χ4v) is 4.78. The van der Waals surface area contributed by atoms with Crippen molar-refractivity contribution in [2.45, 2.75) is 32.8 Å². The molecule has 0 aromatic carbocycles. The first-order chi connectivity index (χ1) is 14.8. The van der Waals surface area contributed by atoms with E-state index < -0.39 is 16.1 Å². The molecule has 1 saturated heterocycles. The van der Waals surface area contributed by atoms with Crippen molar-refractivity contribution in [2.75, 3.05) is 32.0 Å². The Balaban J connectivity index is 1.45. The second kappa shape index (κ2) is 10.6. The number of carbonyl (C=O) groups is 1. The standard InChI is InChI=1S/C20H29N5O5S/c1-15(2)30-20(26)21-9-11-31(27,28)25-10-3-4-16(13-25)14-29-17-5-6-18(22-12-17)19-7-8-23-24-19/h5-8,12,15-16H,3-4,9-11,13-14H2,1-2H3,(H,21,26)(H,23,24)/t16-/m0/s1. The van der Waals surface area contributed by atoms with Crippen LogP contribution in [0.2, 0.25) is 0 Å². The third kappa shape index (κ3) is 6.93. The minimum atomic E-state index is -3.47. The maximum Gasteiger partial charge on any atom is 0.407 e. The molecule has 10 nitrogen and oxygen atoms in total. The van der Waals surface area contributed by atoms with Crippen LogP contribution in [0.5, 0.6) is 5.75 Å². The van der Waals surface area contributed by atoms with Crippen molar-refractivity contribution in [3.8, 4) is 17.1 Å². The molecule has 0 spiro atoms. The van der Waals surface area contributed by atoms with E-state index in [-0.39, 0.29) is 24.3 Å². The van der Waals surface area contributed by atoms with Crippen LogP contribution >= 0.6 is 0 Å². The van der Waals surface area contributed by atoms with E-state index in [0.717, 1.165) is 24.2 Å². The minimum Gasteiger partial charge on any atom is -0.492 e. The van der Waals surface area contributed by atoms with Gasteiger partial charge in [0.05, 0.1) is 36.0 Å². The van der Waals surface area contributed by atoms with E-state index in [2.05, 4.69) is 20.5 Å². The molecule has 1 fully saturated rings.